The van der Waals surface area contributed by atoms with Crippen LogP contribution in [0.1, 0.15) is 44.9 Å². The molecule has 1 amide bonds. The van der Waals surface area contributed by atoms with Gasteiger partial charge in [0.25, 0.3) is 0 Å². The van der Waals surface area contributed by atoms with Crippen molar-refractivity contribution in [3.63, 3.8) is 0 Å². The second kappa shape index (κ2) is 9.07. The average Bonchev–Trinajstić information content (AvgIpc) is 2.81. The summed E-state index contributed by atoms with van der Waals surface area (Å²) in [5, 5.41) is 10.6. The predicted molar refractivity (Wildman–Crippen MR) is 87.4 cm³/mol. The number of hydrogen-bond donors (Lipinski definition) is 2. The summed E-state index contributed by atoms with van der Waals surface area (Å²) < 4.78 is 7.01. The molecule has 7 nitrogen and oxygen atoms in total. The third-order valence-corrected chi connectivity index (χ3v) is 3.52. The Morgan fingerprint density at radius 2 is 2.14 bits per heavy atom. The van der Waals surface area contributed by atoms with E-state index in [1.165, 1.54) is 0 Å². The number of aryl methyl sites for hydroxylation is 1. The van der Waals surface area contributed by atoms with Gasteiger partial charge in [0, 0.05) is 13.0 Å². The quantitative estimate of drug-likeness (QED) is 0.824. The second-order valence-electron chi connectivity index (χ2n) is 5.66. The standard InChI is InChI=1S/C14H25N5O2.ClH/c1-10(2)21-9-6-12(20)16-14-17-13(18-19(14)3)11-4-7-15-8-5-11;/h10-11,15H,4-9H2,1-3H3,(H,16,17,18,20);1H. The van der Waals surface area contributed by atoms with Crippen LogP contribution in [0.3, 0.4) is 0 Å². The van der Waals surface area contributed by atoms with Crippen molar-refractivity contribution >= 4 is 24.3 Å². The number of nitrogens with one attached hydrogen (secondary N) is 2. The van der Waals surface area contributed by atoms with Crippen LogP contribution in [0, 0.1) is 0 Å². The summed E-state index contributed by atoms with van der Waals surface area (Å²) in [6, 6.07) is 0. The fraction of sp³-hybridized carbons (Fsp3) is 0.786. The van der Waals surface area contributed by atoms with Crippen LogP contribution in [-0.2, 0) is 16.6 Å². The molecule has 22 heavy (non-hydrogen) atoms. The zero-order valence-corrected chi connectivity index (χ0v) is 14.3. The van der Waals surface area contributed by atoms with E-state index in [0.29, 0.717) is 24.9 Å². The number of rotatable bonds is 6. The van der Waals surface area contributed by atoms with Gasteiger partial charge in [0.15, 0.2) is 5.82 Å². The van der Waals surface area contributed by atoms with E-state index in [-0.39, 0.29) is 24.4 Å². The molecular weight excluding hydrogens is 306 g/mol. The summed E-state index contributed by atoms with van der Waals surface area (Å²) in [6.07, 6.45) is 2.55. The molecule has 1 aliphatic heterocycles. The first-order valence-electron chi connectivity index (χ1n) is 7.59. The van der Waals surface area contributed by atoms with Crippen molar-refractivity contribution in [3.8, 4) is 0 Å². The number of carbonyl (C=O) groups is 1. The van der Waals surface area contributed by atoms with Gasteiger partial charge in [0.2, 0.25) is 11.9 Å². The van der Waals surface area contributed by atoms with Crippen molar-refractivity contribution in [2.24, 2.45) is 7.05 Å². The molecule has 1 aromatic heterocycles. The SMILES string of the molecule is CC(C)OCCC(=O)Nc1nc(C2CCNCC2)nn1C.Cl. The fourth-order valence-corrected chi connectivity index (χ4v) is 2.34. The van der Waals surface area contributed by atoms with Crippen LogP contribution in [0.5, 0.6) is 0 Å². The van der Waals surface area contributed by atoms with Gasteiger partial charge in [-0.15, -0.1) is 12.4 Å². The summed E-state index contributed by atoms with van der Waals surface area (Å²) >= 11 is 0. The maximum absolute atomic E-state index is 11.8. The molecule has 1 fully saturated rings. The molecule has 2 heterocycles. The van der Waals surface area contributed by atoms with Gasteiger partial charge in [0.05, 0.1) is 19.1 Å². The number of amides is 1. The van der Waals surface area contributed by atoms with E-state index < -0.39 is 0 Å². The van der Waals surface area contributed by atoms with Crippen molar-refractivity contribution in [1.29, 1.82) is 0 Å². The van der Waals surface area contributed by atoms with Crippen molar-refractivity contribution in [1.82, 2.24) is 20.1 Å². The van der Waals surface area contributed by atoms with Gasteiger partial charge in [0.1, 0.15) is 0 Å². The summed E-state index contributed by atoms with van der Waals surface area (Å²) in [5.41, 5.74) is 0. The molecule has 0 bridgehead atoms. The first-order valence-corrected chi connectivity index (χ1v) is 7.59. The van der Waals surface area contributed by atoms with Gasteiger partial charge < -0.3 is 10.1 Å². The Balaban J connectivity index is 0.00000242. The molecule has 126 valence electrons. The Bertz CT molecular complexity index is 472. The molecule has 2 rings (SSSR count). The van der Waals surface area contributed by atoms with Crippen LogP contribution >= 0.6 is 12.4 Å². The number of aromatic nitrogens is 3. The minimum absolute atomic E-state index is 0. The van der Waals surface area contributed by atoms with Crippen LogP contribution in [-0.4, -0.2) is 46.5 Å². The maximum atomic E-state index is 11.8. The Kier molecular flexibility index (Phi) is 7.78. The largest absolute Gasteiger partial charge is 0.378 e. The highest BCUT2D eigenvalue weighted by Crippen LogP contribution is 2.23. The molecule has 1 aliphatic rings. The number of hydrogen-bond acceptors (Lipinski definition) is 5. The van der Waals surface area contributed by atoms with Gasteiger partial charge in [-0.05, 0) is 39.8 Å². The predicted octanol–water partition coefficient (Wildman–Crippen LogP) is 1.46. The number of carbonyl (C=O) groups excluding carboxylic acids is 1. The Hall–Kier alpha value is -1.18. The van der Waals surface area contributed by atoms with Gasteiger partial charge >= 0.3 is 0 Å². The minimum atomic E-state index is -0.0944. The highest BCUT2D eigenvalue weighted by atomic mass is 35.5. The summed E-state index contributed by atoms with van der Waals surface area (Å²) in [5.74, 6) is 1.63. The Morgan fingerprint density at radius 1 is 1.45 bits per heavy atom. The third kappa shape index (κ3) is 5.55. The van der Waals surface area contributed by atoms with Crippen molar-refractivity contribution in [2.75, 3.05) is 25.0 Å². The van der Waals surface area contributed by atoms with Crippen LogP contribution in [0.15, 0.2) is 0 Å². The lowest BCUT2D eigenvalue weighted by Crippen LogP contribution is -2.27. The number of ether oxygens (including phenoxy) is 1. The van der Waals surface area contributed by atoms with Crippen LogP contribution in [0.4, 0.5) is 5.95 Å². The molecule has 0 radical (unpaired) electrons. The molecule has 1 saturated heterocycles. The Labute approximate surface area is 137 Å². The first kappa shape index (κ1) is 18.9. The van der Waals surface area contributed by atoms with Crippen molar-refractivity contribution in [3.05, 3.63) is 5.82 Å². The molecule has 0 atom stereocenters. The van der Waals surface area contributed by atoms with E-state index in [1.54, 1.807) is 11.7 Å². The maximum Gasteiger partial charge on any atom is 0.229 e. The van der Waals surface area contributed by atoms with E-state index in [9.17, 15) is 4.79 Å². The normalized spacial score (nSPS) is 15.6. The number of halogens is 1. The molecule has 1 aromatic rings. The minimum Gasteiger partial charge on any atom is -0.378 e. The van der Waals surface area contributed by atoms with Crippen LogP contribution in [0.25, 0.3) is 0 Å². The first-order chi connectivity index (χ1) is 10.1. The van der Waals surface area contributed by atoms with E-state index in [1.807, 2.05) is 13.8 Å². The molecule has 0 unspecified atom stereocenters. The Morgan fingerprint density at radius 3 is 2.77 bits per heavy atom. The smallest absolute Gasteiger partial charge is 0.229 e. The van der Waals surface area contributed by atoms with Crippen LogP contribution < -0.4 is 10.6 Å². The monoisotopic (exact) mass is 331 g/mol. The highest BCUT2D eigenvalue weighted by Gasteiger charge is 2.21. The zero-order chi connectivity index (χ0) is 15.2. The van der Waals surface area contributed by atoms with Gasteiger partial charge in [-0.25, -0.2) is 4.68 Å². The number of piperidine rings is 1. The van der Waals surface area contributed by atoms with Gasteiger partial charge in [-0.3, -0.25) is 10.1 Å². The molecule has 0 aromatic carbocycles. The molecule has 0 saturated carbocycles. The van der Waals surface area contributed by atoms with Gasteiger partial charge in [-0.1, -0.05) is 0 Å². The lowest BCUT2D eigenvalue weighted by Gasteiger charge is -2.19. The fourth-order valence-electron chi connectivity index (χ4n) is 2.34. The topological polar surface area (TPSA) is 81.1 Å². The second-order valence-corrected chi connectivity index (χ2v) is 5.66. The number of anilines is 1. The third-order valence-electron chi connectivity index (χ3n) is 3.52. The summed E-state index contributed by atoms with van der Waals surface area (Å²) in [6.45, 7) is 6.31. The van der Waals surface area contributed by atoms with Crippen molar-refractivity contribution < 1.29 is 9.53 Å². The molecule has 2 N–H and O–H groups in total. The molecule has 0 aliphatic carbocycles. The van der Waals surface area contributed by atoms with Crippen molar-refractivity contribution in [2.45, 2.75) is 45.1 Å². The number of nitrogens with zero attached hydrogens (tertiary/aromatic N) is 3. The van der Waals surface area contributed by atoms with E-state index in [0.717, 1.165) is 31.8 Å². The van der Waals surface area contributed by atoms with Crippen LogP contribution in [0.2, 0.25) is 0 Å². The van der Waals surface area contributed by atoms with Gasteiger partial charge in [-0.2, -0.15) is 10.1 Å². The lowest BCUT2D eigenvalue weighted by molar-refractivity contribution is -0.117. The highest BCUT2D eigenvalue weighted by molar-refractivity contribution is 5.89. The van der Waals surface area contributed by atoms with E-state index in [2.05, 4.69) is 20.7 Å². The average molecular weight is 332 g/mol. The lowest BCUT2D eigenvalue weighted by atomic mass is 9.98. The molecule has 8 heteroatoms. The summed E-state index contributed by atoms with van der Waals surface area (Å²) in [4.78, 5) is 16.3. The van der Waals surface area contributed by atoms with E-state index in [4.69, 9.17) is 4.74 Å². The summed E-state index contributed by atoms with van der Waals surface area (Å²) in [7, 11) is 1.80. The molecule has 0 spiro atoms. The zero-order valence-electron chi connectivity index (χ0n) is 13.5. The molecular formula is C14H26ClN5O2. The van der Waals surface area contributed by atoms with E-state index >= 15 is 0 Å².